The normalized spacial score (nSPS) is 10.8. The standard InChI is InChI=1S/C27H19F2N5O/c28-20-5-1-18(2-6-20)25-26(19-3-7-21(29)8-4-19)34-24-15-22(9-10-23(24)33-25)32-27(35)31-16-17-11-13-30-14-12-17/h1-15H,16H2,(H2,31,32,35). The molecule has 2 amide bonds. The predicted molar refractivity (Wildman–Crippen MR) is 130 cm³/mol. The summed E-state index contributed by atoms with van der Waals surface area (Å²) in [5.74, 6) is -0.723. The Hall–Kier alpha value is -4.72. The minimum atomic E-state index is -0.366. The number of rotatable bonds is 5. The van der Waals surface area contributed by atoms with Crippen molar-refractivity contribution in [3.63, 3.8) is 0 Å². The smallest absolute Gasteiger partial charge is 0.319 e. The summed E-state index contributed by atoms with van der Waals surface area (Å²) in [6.45, 7) is 0.359. The van der Waals surface area contributed by atoms with E-state index < -0.39 is 0 Å². The summed E-state index contributed by atoms with van der Waals surface area (Å²) in [4.78, 5) is 25.9. The van der Waals surface area contributed by atoms with Crippen LogP contribution in [-0.2, 0) is 6.54 Å². The van der Waals surface area contributed by atoms with Crippen molar-refractivity contribution in [2.45, 2.75) is 6.54 Å². The van der Waals surface area contributed by atoms with E-state index in [9.17, 15) is 13.6 Å². The van der Waals surface area contributed by atoms with Gasteiger partial charge in [-0.15, -0.1) is 0 Å². The predicted octanol–water partition coefficient (Wildman–Crippen LogP) is 5.96. The molecule has 172 valence electrons. The molecule has 0 spiro atoms. The molecule has 8 heteroatoms. The van der Waals surface area contributed by atoms with E-state index in [-0.39, 0.29) is 17.7 Å². The maximum Gasteiger partial charge on any atom is 0.319 e. The van der Waals surface area contributed by atoms with Crippen LogP contribution in [-0.4, -0.2) is 21.0 Å². The van der Waals surface area contributed by atoms with Gasteiger partial charge in [0, 0.05) is 35.8 Å². The molecule has 0 aliphatic carbocycles. The number of fused-ring (bicyclic) bond motifs is 1. The lowest BCUT2D eigenvalue weighted by Crippen LogP contribution is -2.28. The number of carbonyl (C=O) groups excluding carboxylic acids is 1. The summed E-state index contributed by atoms with van der Waals surface area (Å²) in [5.41, 5.74) is 5.00. The van der Waals surface area contributed by atoms with Gasteiger partial charge in [0.25, 0.3) is 0 Å². The molecule has 6 nitrogen and oxygen atoms in total. The lowest BCUT2D eigenvalue weighted by Gasteiger charge is -2.12. The number of halogens is 2. The Morgan fingerprint density at radius 3 is 1.89 bits per heavy atom. The van der Waals surface area contributed by atoms with Gasteiger partial charge in [0.2, 0.25) is 0 Å². The van der Waals surface area contributed by atoms with Gasteiger partial charge in [-0.2, -0.15) is 0 Å². The number of carbonyl (C=O) groups is 1. The van der Waals surface area contributed by atoms with Crippen molar-refractivity contribution in [3.8, 4) is 22.5 Å². The minimum absolute atomic E-state index is 0.358. The van der Waals surface area contributed by atoms with E-state index in [2.05, 4.69) is 15.6 Å². The summed E-state index contributed by atoms with van der Waals surface area (Å²) in [7, 11) is 0. The first kappa shape index (κ1) is 22.1. The first-order chi connectivity index (χ1) is 17.0. The highest BCUT2D eigenvalue weighted by atomic mass is 19.1. The highest BCUT2D eigenvalue weighted by Crippen LogP contribution is 2.32. The maximum absolute atomic E-state index is 13.5. The number of hydrogen-bond acceptors (Lipinski definition) is 4. The molecule has 35 heavy (non-hydrogen) atoms. The van der Waals surface area contributed by atoms with Gasteiger partial charge in [0.15, 0.2) is 0 Å². The molecular weight excluding hydrogens is 448 g/mol. The van der Waals surface area contributed by atoms with Crippen molar-refractivity contribution in [3.05, 3.63) is 108 Å². The first-order valence-corrected chi connectivity index (χ1v) is 10.8. The average Bonchev–Trinajstić information content (AvgIpc) is 2.88. The molecular formula is C27H19F2N5O. The summed E-state index contributed by atoms with van der Waals surface area (Å²) in [6.07, 6.45) is 3.33. The highest BCUT2D eigenvalue weighted by Gasteiger charge is 2.14. The monoisotopic (exact) mass is 467 g/mol. The van der Waals surface area contributed by atoms with E-state index in [4.69, 9.17) is 9.97 Å². The fourth-order valence-electron chi connectivity index (χ4n) is 3.61. The molecule has 0 saturated carbocycles. The zero-order valence-corrected chi connectivity index (χ0v) is 18.4. The molecule has 2 aromatic heterocycles. The van der Waals surface area contributed by atoms with Crippen LogP contribution in [0.3, 0.4) is 0 Å². The summed E-state index contributed by atoms with van der Waals surface area (Å²) in [5, 5.41) is 5.59. The largest absolute Gasteiger partial charge is 0.334 e. The lowest BCUT2D eigenvalue weighted by molar-refractivity contribution is 0.251. The van der Waals surface area contributed by atoms with Crippen LogP contribution >= 0.6 is 0 Å². The van der Waals surface area contributed by atoms with Gasteiger partial charge in [-0.1, -0.05) is 0 Å². The van der Waals surface area contributed by atoms with Gasteiger partial charge in [0.05, 0.1) is 22.4 Å². The molecule has 0 atom stereocenters. The van der Waals surface area contributed by atoms with E-state index in [1.165, 1.54) is 24.3 Å². The van der Waals surface area contributed by atoms with Crippen molar-refractivity contribution < 1.29 is 13.6 Å². The Balaban J connectivity index is 1.48. The van der Waals surface area contributed by atoms with Crippen LogP contribution in [0, 0.1) is 11.6 Å². The molecule has 0 bridgehead atoms. The van der Waals surface area contributed by atoms with Crippen molar-refractivity contribution in [1.82, 2.24) is 20.3 Å². The SMILES string of the molecule is O=C(NCc1ccncc1)Nc1ccc2nc(-c3ccc(F)cc3)c(-c3ccc(F)cc3)nc2c1. The number of nitrogens with one attached hydrogen (secondary N) is 2. The van der Waals surface area contributed by atoms with Crippen LogP contribution in [0.4, 0.5) is 19.3 Å². The topological polar surface area (TPSA) is 79.8 Å². The van der Waals surface area contributed by atoms with Crippen LogP contribution in [0.25, 0.3) is 33.5 Å². The second-order valence-electron chi connectivity index (χ2n) is 7.80. The molecule has 3 aromatic carbocycles. The van der Waals surface area contributed by atoms with Crippen molar-refractivity contribution in [1.29, 1.82) is 0 Å². The van der Waals surface area contributed by atoms with Crippen LogP contribution in [0.5, 0.6) is 0 Å². The van der Waals surface area contributed by atoms with Crippen LogP contribution in [0.1, 0.15) is 5.56 Å². The molecule has 5 rings (SSSR count). The second kappa shape index (κ2) is 9.64. The Morgan fingerprint density at radius 1 is 0.714 bits per heavy atom. The van der Waals surface area contributed by atoms with Crippen LogP contribution < -0.4 is 10.6 Å². The number of pyridine rings is 1. The Labute approximate surface area is 199 Å². The second-order valence-corrected chi connectivity index (χ2v) is 7.80. The Morgan fingerprint density at radius 2 is 1.29 bits per heavy atom. The fraction of sp³-hybridized carbons (Fsp3) is 0.0370. The van der Waals surface area contributed by atoms with Crippen molar-refractivity contribution in [2.75, 3.05) is 5.32 Å². The fourth-order valence-corrected chi connectivity index (χ4v) is 3.61. The molecule has 5 aromatic rings. The first-order valence-electron chi connectivity index (χ1n) is 10.8. The zero-order chi connectivity index (χ0) is 24.2. The average molecular weight is 467 g/mol. The van der Waals surface area contributed by atoms with Crippen LogP contribution in [0.2, 0.25) is 0 Å². The van der Waals surface area contributed by atoms with E-state index in [0.717, 1.165) is 5.56 Å². The van der Waals surface area contributed by atoms with Gasteiger partial charge in [0.1, 0.15) is 11.6 Å². The van der Waals surface area contributed by atoms with E-state index in [1.54, 1.807) is 54.9 Å². The maximum atomic E-state index is 13.5. The van der Waals surface area contributed by atoms with E-state index >= 15 is 0 Å². The molecule has 0 radical (unpaired) electrons. The van der Waals surface area contributed by atoms with Gasteiger partial charge < -0.3 is 10.6 Å². The molecule has 0 fully saturated rings. The quantitative estimate of drug-likeness (QED) is 0.334. The van der Waals surface area contributed by atoms with Gasteiger partial charge in [-0.3, -0.25) is 4.98 Å². The molecule has 0 aliphatic rings. The van der Waals surface area contributed by atoms with E-state index in [0.29, 0.717) is 45.8 Å². The number of hydrogen-bond donors (Lipinski definition) is 2. The van der Waals surface area contributed by atoms with Gasteiger partial charge in [-0.25, -0.2) is 23.5 Å². The number of urea groups is 1. The molecule has 0 saturated heterocycles. The third kappa shape index (κ3) is 5.11. The number of nitrogens with zero attached hydrogens (tertiary/aromatic N) is 3. The summed E-state index contributed by atoms with van der Waals surface area (Å²) in [6, 6.07) is 20.4. The third-order valence-corrected chi connectivity index (χ3v) is 5.36. The van der Waals surface area contributed by atoms with E-state index in [1.807, 2.05) is 12.1 Å². The minimum Gasteiger partial charge on any atom is -0.334 e. The molecule has 0 unspecified atom stereocenters. The van der Waals surface area contributed by atoms with Gasteiger partial charge in [-0.05, 0) is 84.4 Å². The molecule has 2 N–H and O–H groups in total. The Bertz CT molecular complexity index is 1490. The number of benzene rings is 3. The Kier molecular flexibility index (Phi) is 6.09. The third-order valence-electron chi connectivity index (χ3n) is 5.36. The number of aromatic nitrogens is 3. The highest BCUT2D eigenvalue weighted by molar-refractivity contribution is 5.93. The van der Waals surface area contributed by atoms with Gasteiger partial charge >= 0.3 is 6.03 Å². The van der Waals surface area contributed by atoms with Crippen LogP contribution in [0.15, 0.2) is 91.3 Å². The number of anilines is 1. The molecule has 2 heterocycles. The summed E-state index contributed by atoms with van der Waals surface area (Å²) < 4.78 is 27.0. The zero-order valence-electron chi connectivity index (χ0n) is 18.4. The van der Waals surface area contributed by atoms with Crippen molar-refractivity contribution in [2.24, 2.45) is 0 Å². The van der Waals surface area contributed by atoms with Crippen molar-refractivity contribution >= 4 is 22.8 Å². The summed E-state index contributed by atoms with van der Waals surface area (Å²) >= 11 is 0. The number of amides is 2. The molecule has 0 aliphatic heterocycles. The lowest BCUT2D eigenvalue weighted by atomic mass is 10.0.